The fraction of sp³-hybridized carbons (Fsp3) is 0.389. The van der Waals surface area contributed by atoms with Crippen molar-refractivity contribution in [3.8, 4) is 5.88 Å². The first-order valence-corrected chi connectivity index (χ1v) is 9.91. The van der Waals surface area contributed by atoms with Crippen molar-refractivity contribution in [2.45, 2.75) is 18.7 Å². The standard InChI is InChI=1S/C18H21FN2O4S/c1-24-10-11-25-18-7-4-15-12-21(9-8-17(15)20-18)26(22,23)13-14-2-5-16(19)6-3-14/h2-7H,8-13H2,1H3. The van der Waals surface area contributed by atoms with Crippen molar-refractivity contribution in [2.24, 2.45) is 0 Å². The molecule has 1 aliphatic heterocycles. The number of hydrogen-bond donors (Lipinski definition) is 0. The van der Waals surface area contributed by atoms with Crippen LogP contribution in [0.4, 0.5) is 4.39 Å². The highest BCUT2D eigenvalue weighted by Gasteiger charge is 2.27. The summed E-state index contributed by atoms with van der Waals surface area (Å²) in [6, 6.07) is 9.12. The number of nitrogens with zero attached hydrogens (tertiary/aromatic N) is 2. The molecule has 0 bridgehead atoms. The molecule has 1 aromatic heterocycles. The molecule has 2 heterocycles. The molecule has 3 rings (SSSR count). The van der Waals surface area contributed by atoms with Gasteiger partial charge < -0.3 is 9.47 Å². The molecule has 0 saturated heterocycles. The lowest BCUT2D eigenvalue weighted by molar-refractivity contribution is 0.143. The first-order valence-electron chi connectivity index (χ1n) is 8.31. The van der Waals surface area contributed by atoms with E-state index in [9.17, 15) is 12.8 Å². The summed E-state index contributed by atoms with van der Waals surface area (Å²) in [4.78, 5) is 4.45. The highest BCUT2D eigenvalue weighted by molar-refractivity contribution is 7.88. The van der Waals surface area contributed by atoms with Gasteiger partial charge in [-0.2, -0.15) is 4.31 Å². The Labute approximate surface area is 152 Å². The van der Waals surface area contributed by atoms with Crippen LogP contribution in [0.15, 0.2) is 36.4 Å². The molecule has 0 atom stereocenters. The van der Waals surface area contributed by atoms with Gasteiger partial charge in [-0.25, -0.2) is 17.8 Å². The SMILES string of the molecule is COCCOc1ccc2c(n1)CCN(S(=O)(=O)Cc1ccc(F)cc1)C2. The Hall–Kier alpha value is -2.03. The van der Waals surface area contributed by atoms with E-state index in [0.717, 1.165) is 11.3 Å². The summed E-state index contributed by atoms with van der Waals surface area (Å²) in [5.41, 5.74) is 2.29. The van der Waals surface area contributed by atoms with E-state index in [1.807, 2.05) is 6.07 Å². The van der Waals surface area contributed by atoms with E-state index in [0.29, 0.717) is 37.6 Å². The molecule has 0 unspecified atom stereocenters. The first kappa shape index (κ1) is 18.8. The van der Waals surface area contributed by atoms with Gasteiger partial charge in [0.2, 0.25) is 15.9 Å². The van der Waals surface area contributed by atoms with Crippen molar-refractivity contribution < 1.29 is 22.3 Å². The predicted octanol–water partition coefficient (Wildman–Crippen LogP) is 2.13. The fourth-order valence-corrected chi connectivity index (χ4v) is 4.30. The van der Waals surface area contributed by atoms with Gasteiger partial charge in [-0.05, 0) is 23.3 Å². The van der Waals surface area contributed by atoms with E-state index in [-0.39, 0.29) is 18.1 Å². The molecule has 0 fully saturated rings. The molecule has 1 aromatic carbocycles. The smallest absolute Gasteiger partial charge is 0.218 e. The van der Waals surface area contributed by atoms with Crippen molar-refractivity contribution in [1.82, 2.24) is 9.29 Å². The monoisotopic (exact) mass is 380 g/mol. The number of pyridine rings is 1. The third-order valence-electron chi connectivity index (χ3n) is 4.18. The largest absolute Gasteiger partial charge is 0.475 e. The van der Waals surface area contributed by atoms with Crippen LogP contribution < -0.4 is 4.74 Å². The summed E-state index contributed by atoms with van der Waals surface area (Å²) in [7, 11) is -1.88. The molecule has 8 heteroatoms. The summed E-state index contributed by atoms with van der Waals surface area (Å²) < 4.78 is 50.2. The molecule has 2 aromatic rings. The summed E-state index contributed by atoms with van der Waals surface area (Å²) in [6.45, 7) is 1.55. The van der Waals surface area contributed by atoms with Crippen LogP contribution in [0.1, 0.15) is 16.8 Å². The molecule has 0 amide bonds. The lowest BCUT2D eigenvalue weighted by Gasteiger charge is -2.27. The Kier molecular flexibility index (Phi) is 5.85. The molecule has 0 aliphatic carbocycles. The number of ether oxygens (including phenoxy) is 2. The minimum Gasteiger partial charge on any atom is -0.475 e. The number of sulfonamides is 1. The van der Waals surface area contributed by atoms with Crippen LogP contribution in [-0.4, -0.2) is 44.6 Å². The summed E-state index contributed by atoms with van der Waals surface area (Å²) in [5.74, 6) is -0.00934. The van der Waals surface area contributed by atoms with Crippen molar-refractivity contribution in [3.05, 3.63) is 59.0 Å². The molecular weight excluding hydrogens is 359 g/mol. The summed E-state index contributed by atoms with van der Waals surface area (Å²) in [5, 5.41) is 0. The average Bonchev–Trinajstić information content (AvgIpc) is 2.63. The van der Waals surface area contributed by atoms with Crippen LogP contribution in [0.5, 0.6) is 5.88 Å². The highest BCUT2D eigenvalue weighted by atomic mass is 32.2. The minimum atomic E-state index is -3.48. The second-order valence-electron chi connectivity index (χ2n) is 6.06. The maximum Gasteiger partial charge on any atom is 0.218 e. The number of aromatic nitrogens is 1. The topological polar surface area (TPSA) is 68.7 Å². The molecular formula is C18H21FN2O4S. The fourth-order valence-electron chi connectivity index (χ4n) is 2.80. The molecule has 1 aliphatic rings. The van der Waals surface area contributed by atoms with Crippen LogP contribution in [0.3, 0.4) is 0 Å². The highest BCUT2D eigenvalue weighted by Crippen LogP contribution is 2.24. The number of rotatable bonds is 7. The Morgan fingerprint density at radius 2 is 1.92 bits per heavy atom. The van der Waals surface area contributed by atoms with Crippen LogP contribution in [0, 0.1) is 5.82 Å². The number of hydrogen-bond acceptors (Lipinski definition) is 5. The Morgan fingerprint density at radius 3 is 2.65 bits per heavy atom. The first-order chi connectivity index (χ1) is 12.5. The lowest BCUT2D eigenvalue weighted by atomic mass is 10.1. The molecule has 6 nitrogen and oxygen atoms in total. The van der Waals surface area contributed by atoms with Gasteiger partial charge in [0, 0.05) is 32.7 Å². The average molecular weight is 380 g/mol. The second kappa shape index (κ2) is 8.11. The van der Waals surface area contributed by atoms with Gasteiger partial charge in [-0.15, -0.1) is 0 Å². The van der Waals surface area contributed by atoms with Crippen LogP contribution in [0.2, 0.25) is 0 Å². The number of fused-ring (bicyclic) bond motifs is 1. The van der Waals surface area contributed by atoms with Crippen molar-refractivity contribution in [2.75, 3.05) is 26.9 Å². The third-order valence-corrected chi connectivity index (χ3v) is 5.98. The summed E-state index contributed by atoms with van der Waals surface area (Å²) in [6.07, 6.45) is 0.527. The zero-order chi connectivity index (χ0) is 18.6. The normalized spacial score (nSPS) is 14.8. The molecule has 0 spiro atoms. The second-order valence-corrected chi connectivity index (χ2v) is 8.03. The van der Waals surface area contributed by atoms with Crippen LogP contribution in [0.25, 0.3) is 0 Å². The maximum absolute atomic E-state index is 13.0. The molecule has 140 valence electrons. The summed E-state index contributed by atoms with van der Waals surface area (Å²) >= 11 is 0. The molecule has 0 N–H and O–H groups in total. The Morgan fingerprint density at radius 1 is 1.15 bits per heavy atom. The van der Waals surface area contributed by atoms with Gasteiger partial charge in [0.05, 0.1) is 18.1 Å². The zero-order valence-corrected chi connectivity index (χ0v) is 15.3. The van der Waals surface area contributed by atoms with Gasteiger partial charge >= 0.3 is 0 Å². The van der Waals surface area contributed by atoms with E-state index < -0.39 is 10.0 Å². The van der Waals surface area contributed by atoms with Gasteiger partial charge in [-0.3, -0.25) is 0 Å². The minimum absolute atomic E-state index is 0.145. The molecule has 26 heavy (non-hydrogen) atoms. The van der Waals surface area contributed by atoms with Gasteiger partial charge in [0.1, 0.15) is 12.4 Å². The molecule has 0 radical (unpaired) electrons. The van der Waals surface area contributed by atoms with Crippen LogP contribution >= 0.6 is 0 Å². The number of benzene rings is 1. The van der Waals surface area contributed by atoms with E-state index in [2.05, 4.69) is 4.98 Å². The predicted molar refractivity (Wildman–Crippen MR) is 94.7 cm³/mol. The Bertz CT molecular complexity index is 856. The van der Waals surface area contributed by atoms with E-state index in [4.69, 9.17) is 9.47 Å². The lowest BCUT2D eigenvalue weighted by Crippen LogP contribution is -2.37. The number of methoxy groups -OCH3 is 1. The van der Waals surface area contributed by atoms with Crippen LogP contribution in [-0.2, 0) is 33.5 Å². The van der Waals surface area contributed by atoms with Crippen molar-refractivity contribution in [1.29, 1.82) is 0 Å². The van der Waals surface area contributed by atoms with Gasteiger partial charge in [-0.1, -0.05) is 18.2 Å². The van der Waals surface area contributed by atoms with E-state index in [1.54, 1.807) is 13.2 Å². The molecule has 0 saturated carbocycles. The number of halogens is 1. The Balaban J connectivity index is 1.68. The maximum atomic E-state index is 13.0. The van der Waals surface area contributed by atoms with Gasteiger partial charge in [0.15, 0.2) is 0 Å². The van der Waals surface area contributed by atoms with Crippen molar-refractivity contribution >= 4 is 10.0 Å². The third kappa shape index (κ3) is 4.57. The van der Waals surface area contributed by atoms with Crippen molar-refractivity contribution in [3.63, 3.8) is 0 Å². The van der Waals surface area contributed by atoms with E-state index >= 15 is 0 Å². The van der Waals surface area contributed by atoms with Gasteiger partial charge in [0.25, 0.3) is 0 Å². The zero-order valence-electron chi connectivity index (χ0n) is 14.5. The van der Waals surface area contributed by atoms with E-state index in [1.165, 1.54) is 28.6 Å². The quantitative estimate of drug-likeness (QED) is 0.689.